The highest BCUT2D eigenvalue weighted by Gasteiger charge is 2.17. The van der Waals surface area contributed by atoms with Crippen molar-refractivity contribution in [2.75, 3.05) is 6.54 Å². The second-order valence-corrected chi connectivity index (χ2v) is 4.30. The van der Waals surface area contributed by atoms with Gasteiger partial charge in [0.05, 0.1) is 17.9 Å². The molecule has 0 aliphatic heterocycles. The van der Waals surface area contributed by atoms with Crippen molar-refractivity contribution in [3.8, 4) is 0 Å². The second kappa shape index (κ2) is 5.90. The highest BCUT2D eigenvalue weighted by Crippen LogP contribution is 2.19. The Labute approximate surface area is 109 Å². The lowest BCUT2D eigenvalue weighted by Gasteiger charge is -2.13. The molecule has 1 aromatic carbocycles. The van der Waals surface area contributed by atoms with Gasteiger partial charge < -0.3 is 10.4 Å². The minimum absolute atomic E-state index is 0.0622. The molecule has 6 heteroatoms. The van der Waals surface area contributed by atoms with E-state index in [9.17, 15) is 13.9 Å². The Morgan fingerprint density at radius 1 is 1.37 bits per heavy atom. The maximum Gasteiger partial charge on any atom is 0.131 e. The monoisotopic (exact) mass is 267 g/mol. The zero-order valence-electron chi connectivity index (χ0n) is 10.5. The molecule has 0 fully saturated rings. The molecule has 2 N–H and O–H groups in total. The van der Waals surface area contributed by atoms with Crippen LogP contribution < -0.4 is 5.32 Å². The van der Waals surface area contributed by atoms with E-state index in [0.29, 0.717) is 6.54 Å². The number of aliphatic hydroxyl groups excluding tert-OH is 1. The molecule has 2 aromatic rings. The third-order valence-electron chi connectivity index (χ3n) is 2.76. The summed E-state index contributed by atoms with van der Waals surface area (Å²) < 4.78 is 28.5. The van der Waals surface area contributed by atoms with Gasteiger partial charge in [0.2, 0.25) is 0 Å². The summed E-state index contributed by atoms with van der Waals surface area (Å²) in [5.41, 5.74) is 0.630. The second-order valence-electron chi connectivity index (χ2n) is 4.30. The van der Waals surface area contributed by atoms with Gasteiger partial charge in [-0.3, -0.25) is 4.68 Å². The molecule has 0 radical (unpaired) electrons. The number of halogens is 2. The normalized spacial score (nSPS) is 12.6. The van der Waals surface area contributed by atoms with E-state index in [1.54, 1.807) is 17.9 Å². The summed E-state index contributed by atoms with van der Waals surface area (Å²) in [6.07, 6.45) is 2.28. The average molecular weight is 267 g/mol. The van der Waals surface area contributed by atoms with Crippen molar-refractivity contribution in [3.05, 3.63) is 53.4 Å². The fraction of sp³-hybridized carbons (Fsp3) is 0.308. The largest absolute Gasteiger partial charge is 0.387 e. The summed E-state index contributed by atoms with van der Waals surface area (Å²) in [5.74, 6) is -1.48. The smallest absolute Gasteiger partial charge is 0.131 e. The van der Waals surface area contributed by atoms with Gasteiger partial charge >= 0.3 is 0 Å². The first kappa shape index (κ1) is 13.6. The van der Waals surface area contributed by atoms with Crippen molar-refractivity contribution in [2.45, 2.75) is 12.6 Å². The van der Waals surface area contributed by atoms with Crippen LogP contribution >= 0.6 is 0 Å². The summed E-state index contributed by atoms with van der Waals surface area (Å²) in [4.78, 5) is 0. The summed E-state index contributed by atoms with van der Waals surface area (Å²) in [5, 5.41) is 16.7. The van der Waals surface area contributed by atoms with Crippen LogP contribution in [0.2, 0.25) is 0 Å². The van der Waals surface area contributed by atoms with E-state index in [1.165, 1.54) is 6.07 Å². The zero-order chi connectivity index (χ0) is 13.8. The van der Waals surface area contributed by atoms with Crippen LogP contribution in [-0.2, 0) is 13.6 Å². The van der Waals surface area contributed by atoms with Gasteiger partial charge in [0.25, 0.3) is 0 Å². The quantitative estimate of drug-likeness (QED) is 0.863. The van der Waals surface area contributed by atoms with Crippen molar-refractivity contribution >= 4 is 0 Å². The third kappa shape index (κ3) is 3.36. The third-order valence-corrected chi connectivity index (χ3v) is 2.76. The van der Waals surface area contributed by atoms with E-state index < -0.39 is 17.7 Å². The number of nitrogens with zero attached hydrogens (tertiary/aromatic N) is 2. The molecule has 0 amide bonds. The first-order valence-corrected chi connectivity index (χ1v) is 5.88. The lowest BCUT2D eigenvalue weighted by Crippen LogP contribution is -2.22. The van der Waals surface area contributed by atoms with Gasteiger partial charge in [0.1, 0.15) is 11.6 Å². The van der Waals surface area contributed by atoms with Crippen LogP contribution in [0.25, 0.3) is 0 Å². The fourth-order valence-corrected chi connectivity index (χ4v) is 1.85. The minimum Gasteiger partial charge on any atom is -0.387 e. The summed E-state index contributed by atoms with van der Waals surface area (Å²) >= 11 is 0. The molecule has 19 heavy (non-hydrogen) atoms. The maximum absolute atomic E-state index is 13.4. The highest BCUT2D eigenvalue weighted by atomic mass is 19.1. The number of hydrogen-bond acceptors (Lipinski definition) is 3. The van der Waals surface area contributed by atoms with E-state index in [-0.39, 0.29) is 12.1 Å². The van der Waals surface area contributed by atoms with Crippen molar-refractivity contribution in [2.24, 2.45) is 7.05 Å². The van der Waals surface area contributed by atoms with E-state index in [1.807, 2.05) is 6.20 Å². The topological polar surface area (TPSA) is 50.1 Å². The van der Waals surface area contributed by atoms with Gasteiger partial charge in [0, 0.05) is 31.9 Å². The Kier molecular flexibility index (Phi) is 4.24. The molecular formula is C13H15F2N3O. The molecule has 0 aliphatic rings. The first-order valence-electron chi connectivity index (χ1n) is 5.88. The van der Waals surface area contributed by atoms with Crippen LogP contribution in [0.15, 0.2) is 30.6 Å². The van der Waals surface area contributed by atoms with Crippen molar-refractivity contribution in [3.63, 3.8) is 0 Å². The molecule has 4 nitrogen and oxygen atoms in total. The van der Waals surface area contributed by atoms with Crippen LogP contribution in [0, 0.1) is 11.6 Å². The van der Waals surface area contributed by atoms with Gasteiger partial charge in [-0.05, 0) is 12.1 Å². The van der Waals surface area contributed by atoms with Gasteiger partial charge in [-0.15, -0.1) is 0 Å². The van der Waals surface area contributed by atoms with E-state index >= 15 is 0 Å². The molecule has 0 bridgehead atoms. The molecule has 1 heterocycles. The maximum atomic E-state index is 13.4. The molecular weight excluding hydrogens is 252 g/mol. The number of benzene rings is 1. The molecule has 1 aromatic heterocycles. The van der Waals surface area contributed by atoms with Crippen molar-refractivity contribution < 1.29 is 13.9 Å². The number of rotatable bonds is 5. The molecule has 0 spiro atoms. The number of aryl methyl sites for hydroxylation is 1. The average Bonchev–Trinajstić information content (AvgIpc) is 2.75. The highest BCUT2D eigenvalue weighted by molar-refractivity contribution is 5.22. The van der Waals surface area contributed by atoms with Crippen molar-refractivity contribution in [1.82, 2.24) is 15.1 Å². The SMILES string of the molecule is Cn1cc(CNCC(O)c2c(F)cccc2F)cn1. The van der Waals surface area contributed by atoms with Gasteiger partial charge in [-0.25, -0.2) is 8.78 Å². The zero-order valence-corrected chi connectivity index (χ0v) is 10.5. The van der Waals surface area contributed by atoms with Crippen molar-refractivity contribution in [1.29, 1.82) is 0 Å². The Balaban J connectivity index is 1.92. The van der Waals surface area contributed by atoms with Crippen LogP contribution in [0.1, 0.15) is 17.2 Å². The van der Waals surface area contributed by atoms with Crippen LogP contribution in [-0.4, -0.2) is 21.4 Å². The predicted molar refractivity (Wildman–Crippen MR) is 66.2 cm³/mol. The predicted octanol–water partition coefficient (Wildman–Crippen LogP) is 1.52. The van der Waals surface area contributed by atoms with E-state index in [4.69, 9.17) is 0 Å². The molecule has 102 valence electrons. The Hall–Kier alpha value is -1.79. The van der Waals surface area contributed by atoms with Gasteiger partial charge in [0.15, 0.2) is 0 Å². The molecule has 2 rings (SSSR count). The summed E-state index contributed by atoms with van der Waals surface area (Å²) in [7, 11) is 1.80. The first-order chi connectivity index (χ1) is 9.08. The summed E-state index contributed by atoms with van der Waals surface area (Å²) in [6.45, 7) is 0.535. The molecule has 1 unspecified atom stereocenters. The molecule has 0 aliphatic carbocycles. The minimum atomic E-state index is -1.22. The molecule has 0 saturated carbocycles. The molecule has 0 saturated heterocycles. The van der Waals surface area contributed by atoms with Gasteiger partial charge in [-0.2, -0.15) is 5.10 Å². The summed E-state index contributed by atoms with van der Waals surface area (Å²) in [6, 6.07) is 3.52. The number of aliphatic hydroxyl groups is 1. The van der Waals surface area contributed by atoms with Crippen LogP contribution in [0.5, 0.6) is 0 Å². The number of hydrogen-bond donors (Lipinski definition) is 2. The number of aromatic nitrogens is 2. The molecule has 1 atom stereocenters. The van der Waals surface area contributed by atoms with Crippen LogP contribution in [0.4, 0.5) is 8.78 Å². The van der Waals surface area contributed by atoms with E-state index in [2.05, 4.69) is 10.4 Å². The van der Waals surface area contributed by atoms with Gasteiger partial charge in [-0.1, -0.05) is 6.07 Å². The van der Waals surface area contributed by atoms with Crippen LogP contribution in [0.3, 0.4) is 0 Å². The standard InChI is InChI=1S/C13H15F2N3O/c1-18-8-9(6-17-18)5-16-7-12(19)13-10(14)3-2-4-11(13)15/h2-4,6,8,12,16,19H,5,7H2,1H3. The Morgan fingerprint density at radius 2 is 2.05 bits per heavy atom. The Morgan fingerprint density at radius 3 is 2.63 bits per heavy atom. The lowest BCUT2D eigenvalue weighted by atomic mass is 10.1. The van der Waals surface area contributed by atoms with E-state index in [0.717, 1.165) is 17.7 Å². The number of nitrogens with one attached hydrogen (secondary N) is 1. The Bertz CT molecular complexity index is 536. The lowest BCUT2D eigenvalue weighted by molar-refractivity contribution is 0.164. The fourth-order valence-electron chi connectivity index (χ4n) is 1.85.